The Labute approximate surface area is 783 Å². The zero-order chi connectivity index (χ0) is 98.0. The van der Waals surface area contributed by atoms with E-state index in [-0.39, 0.29) is 121 Å². The van der Waals surface area contributed by atoms with Gasteiger partial charge in [0.2, 0.25) is 70.9 Å². The highest BCUT2D eigenvalue weighted by atomic mass is 33.1. The summed E-state index contributed by atoms with van der Waals surface area (Å²) in [6, 6.07) is 12.4. The van der Waals surface area contributed by atoms with Crippen molar-refractivity contribution >= 4 is 131 Å². The first-order valence-corrected chi connectivity index (χ1v) is 48.1. The number of benzene rings is 4. The summed E-state index contributed by atoms with van der Waals surface area (Å²) >= 11 is 0. The standard InChI is InChI=1S/C96H145N17O17S2/c1-15-25-68(44-56(2)3)104-54-63(49-79(99)120)48-76(117)71(30-18-22-41-102-59(6)115)111-92(129)96(14,38-20-21-39-97)53-78(119)73(47-62-32-35-64-27-16-17-28-65(64)46-62)108-85(122)66(45-61-33-36-69(37-34-61)130-43-40-98)51-77(118)83-94(10,11)131-132-95(12,13)84(106-60(7)116)90(127)110-75(52-80(100)121)88(125)112-82(58(5)114)89(126)109-74(50-67-55-105-81-57(4)26-24-29-70(67)81)87(124)107-72(86(123)113-83)31-19-23-42-103-91(128)93(8,9)101/h16-17,24,26-29,32-37,46,55-56,58,63,66,68,71-75,82-84,104-105,114H,15,18-23,25,30-31,38-45,47-54,97-98,101H2,1-14H3,(H2,99,120)(H2,100,121)(H,102,115)(H,103,128)(H,106,116)(H,107,124)(H,108,122)(H,109,126)(H,110,127)(H,111,129)(H,112,125)(H,113,123)/t58-,63+,66-,68+,71+,72+,73+,74+,75+,82+,83-,84-,96-/m1/s1. The molecule has 1 aliphatic heterocycles. The first-order chi connectivity index (χ1) is 62.2. The summed E-state index contributed by atoms with van der Waals surface area (Å²) < 4.78 is 2.76. The zero-order valence-electron chi connectivity index (χ0n) is 79.2. The van der Waals surface area contributed by atoms with Crippen LogP contribution in [0.1, 0.15) is 221 Å². The van der Waals surface area contributed by atoms with Gasteiger partial charge in [0.25, 0.3) is 0 Å². The van der Waals surface area contributed by atoms with E-state index >= 15 is 33.6 Å². The molecule has 0 radical (unpaired) electrons. The Kier molecular flexibility index (Phi) is 44.2. The van der Waals surface area contributed by atoms with E-state index in [1.165, 1.54) is 27.7 Å². The Hall–Kier alpha value is -10.4. The van der Waals surface area contributed by atoms with Crippen molar-refractivity contribution in [1.29, 1.82) is 0 Å². The number of primary amides is 2. The van der Waals surface area contributed by atoms with Crippen LogP contribution < -0.4 is 91.9 Å². The van der Waals surface area contributed by atoms with Crippen LogP contribution in [-0.2, 0) is 91.2 Å². The molecule has 0 unspecified atom stereocenters. The largest absolute Gasteiger partial charge is 0.492 e. The predicted molar refractivity (Wildman–Crippen MR) is 514 cm³/mol. The average molecular weight is 1870 g/mol. The molecule has 728 valence electrons. The lowest BCUT2D eigenvalue weighted by Crippen LogP contribution is -2.63. The molecule has 13 atom stereocenters. The first kappa shape index (κ1) is 110. The maximum Gasteiger partial charge on any atom is 0.245 e. The van der Waals surface area contributed by atoms with Crippen LogP contribution in [0, 0.1) is 30.1 Å². The van der Waals surface area contributed by atoms with E-state index in [0.29, 0.717) is 64.9 Å². The van der Waals surface area contributed by atoms with Crippen LogP contribution in [0.3, 0.4) is 0 Å². The number of ether oxygens (including phenoxy) is 1. The van der Waals surface area contributed by atoms with Crippen LogP contribution in [0.25, 0.3) is 21.7 Å². The molecule has 0 aliphatic carbocycles. The highest BCUT2D eigenvalue weighted by molar-refractivity contribution is 8.77. The summed E-state index contributed by atoms with van der Waals surface area (Å²) in [6.07, 6.45) is 1.35. The third-order valence-corrected chi connectivity index (χ3v) is 27.8. The highest BCUT2D eigenvalue weighted by Gasteiger charge is 2.47. The number of para-hydroxylation sites is 1. The summed E-state index contributed by atoms with van der Waals surface area (Å²) in [5.74, 6) is -12.9. The lowest BCUT2D eigenvalue weighted by atomic mass is 9.77. The number of hydrogen-bond acceptors (Lipinski definition) is 23. The van der Waals surface area contributed by atoms with Crippen LogP contribution in [0.5, 0.6) is 5.75 Å². The fourth-order valence-corrected chi connectivity index (χ4v) is 19.0. The number of rotatable bonds is 50. The van der Waals surface area contributed by atoms with E-state index in [2.05, 4.69) is 84.2 Å². The zero-order valence-corrected chi connectivity index (χ0v) is 80.9. The quantitative estimate of drug-likeness (QED) is 0.0172. The normalized spacial score (nSPS) is 19.5. The first-order valence-electron chi connectivity index (χ1n) is 46.0. The Bertz CT molecular complexity index is 4770. The summed E-state index contributed by atoms with van der Waals surface area (Å²) in [6.45, 7) is 24.1. The summed E-state index contributed by atoms with van der Waals surface area (Å²) in [7, 11) is 1.94. The number of aromatic amines is 1. The van der Waals surface area contributed by atoms with E-state index in [9.17, 15) is 43.5 Å². The van der Waals surface area contributed by atoms with Gasteiger partial charge in [0.1, 0.15) is 48.6 Å². The SMILES string of the molecule is CCC[C@@H](CC(C)C)NC[C@H](CC(N)=O)CC(=O)[C@H](CCCCNC(C)=O)NC(=O)[C@](C)(CCCCN)CC(=O)[C@H](Cc1ccc2ccccc2c1)NC(=O)[C@@H](CC(=O)[C@H]1NC(=O)[C@H](CCCCNC(=O)C(C)(C)N)NC(=O)[C@H](Cc2c[nH]c3c(C)cccc23)NC(=O)[C@H]([C@@H](C)O)NC(=O)[C@H](CC(N)=O)NC(=O)[C@@H](NC(C)=O)C(C)(C)SSC1(C)C)Cc1ccc(OCCN)cc1. The second-order valence-electron chi connectivity index (χ2n) is 37.5. The monoisotopic (exact) mass is 1870 g/mol. The smallest absolute Gasteiger partial charge is 0.245 e. The van der Waals surface area contributed by atoms with Gasteiger partial charge in [0.15, 0.2) is 17.3 Å². The lowest BCUT2D eigenvalue weighted by Gasteiger charge is -2.39. The van der Waals surface area contributed by atoms with E-state index in [0.717, 1.165) is 64.1 Å². The van der Waals surface area contributed by atoms with Crippen molar-refractivity contribution in [2.24, 2.45) is 51.8 Å². The number of Topliss-reactive ketones (excluding diaryl/α,β-unsaturated/α-hetero) is 3. The number of carbonyl (C=O) groups excluding carboxylic acids is 15. The number of fused-ring (bicyclic) bond motifs is 2. The number of ketones is 3. The molecule has 1 aliphatic rings. The molecular formula is C96H145N17O17S2. The van der Waals surface area contributed by atoms with E-state index in [1.54, 1.807) is 77.2 Å². The van der Waals surface area contributed by atoms with E-state index in [4.69, 9.17) is 33.4 Å². The maximum atomic E-state index is 16.6. The summed E-state index contributed by atoms with van der Waals surface area (Å²) in [5, 5.41) is 45.0. The third kappa shape index (κ3) is 35.9. The fraction of sp³-hybridized carbons (Fsp3) is 0.594. The van der Waals surface area contributed by atoms with Crippen LogP contribution in [0.15, 0.2) is 91.1 Å². The second kappa shape index (κ2) is 52.9. The van der Waals surface area contributed by atoms with Gasteiger partial charge < -0.3 is 102 Å². The number of aliphatic hydroxyl groups is 1. The van der Waals surface area contributed by atoms with E-state index in [1.807, 2.05) is 55.5 Å². The average Bonchev–Trinajstić information content (AvgIpc) is 1.46. The molecule has 12 amide bonds. The predicted octanol–water partition coefficient (Wildman–Crippen LogP) is 5.36. The van der Waals surface area contributed by atoms with Gasteiger partial charge in [-0.3, -0.25) is 71.9 Å². The van der Waals surface area contributed by atoms with Crippen molar-refractivity contribution in [2.45, 2.75) is 301 Å². The fourth-order valence-electron chi connectivity index (χ4n) is 16.2. The number of nitrogens with one attached hydrogen (secondary N) is 12. The van der Waals surface area contributed by atoms with Crippen molar-refractivity contribution in [3.05, 3.63) is 113 Å². The molecule has 1 aromatic heterocycles. The number of nitrogens with two attached hydrogens (primary N) is 5. The van der Waals surface area contributed by atoms with Crippen molar-refractivity contribution < 1.29 is 81.8 Å². The van der Waals surface area contributed by atoms with Crippen molar-refractivity contribution in [1.82, 2.24) is 63.5 Å². The van der Waals surface area contributed by atoms with Crippen molar-refractivity contribution in [2.75, 3.05) is 39.3 Å². The molecular weight excluding hydrogens is 1730 g/mol. The van der Waals surface area contributed by atoms with Gasteiger partial charge in [-0.1, -0.05) is 135 Å². The third-order valence-electron chi connectivity index (χ3n) is 23.6. The van der Waals surface area contributed by atoms with Crippen LogP contribution >= 0.6 is 21.6 Å². The summed E-state index contributed by atoms with van der Waals surface area (Å²) in [4.78, 5) is 223. The van der Waals surface area contributed by atoms with Crippen LogP contribution in [0.4, 0.5) is 0 Å². The Morgan fingerprint density at radius 2 is 1.27 bits per heavy atom. The molecule has 0 bridgehead atoms. The van der Waals surface area contributed by atoms with Crippen molar-refractivity contribution in [3.8, 4) is 5.75 Å². The molecule has 0 saturated carbocycles. The van der Waals surface area contributed by atoms with Gasteiger partial charge in [-0.15, -0.1) is 0 Å². The highest BCUT2D eigenvalue weighted by Crippen LogP contribution is 2.47. The number of aryl methyl sites for hydroxylation is 1. The molecule has 34 nitrogen and oxygen atoms in total. The second-order valence-corrected chi connectivity index (χ2v) is 40.9. The summed E-state index contributed by atoms with van der Waals surface area (Å²) in [5.41, 5.74) is 29.9. The topological polar surface area (TPSA) is 564 Å². The van der Waals surface area contributed by atoms with Gasteiger partial charge in [0, 0.05) is 104 Å². The number of carbonyl (C=O) groups is 15. The number of H-pyrrole nitrogens is 1. The maximum absolute atomic E-state index is 16.6. The molecule has 5 aromatic rings. The molecule has 36 heteroatoms. The van der Waals surface area contributed by atoms with Crippen LogP contribution in [0.2, 0.25) is 0 Å². The van der Waals surface area contributed by atoms with Gasteiger partial charge in [0.05, 0.1) is 35.6 Å². The van der Waals surface area contributed by atoms with E-state index < -0.39 is 183 Å². The molecule has 4 aromatic carbocycles. The molecule has 2 heterocycles. The van der Waals surface area contributed by atoms with Gasteiger partial charge in [-0.05, 0) is 203 Å². The van der Waals surface area contributed by atoms with Crippen LogP contribution in [-0.4, -0.2) is 213 Å². The van der Waals surface area contributed by atoms with Gasteiger partial charge in [-0.25, -0.2) is 0 Å². The number of unbranched alkanes of at least 4 members (excludes halogenated alkanes) is 3. The Morgan fingerprint density at radius 3 is 1.90 bits per heavy atom. The number of aromatic nitrogens is 1. The minimum absolute atomic E-state index is 0.0547. The molecule has 132 heavy (non-hydrogen) atoms. The van der Waals surface area contributed by atoms with Gasteiger partial charge >= 0.3 is 0 Å². The minimum Gasteiger partial charge on any atom is -0.492 e. The van der Waals surface area contributed by atoms with Gasteiger partial charge in [-0.2, -0.15) is 0 Å². The lowest BCUT2D eigenvalue weighted by molar-refractivity contribution is -0.139. The Morgan fingerprint density at radius 1 is 0.621 bits per heavy atom. The number of aliphatic hydroxyl groups excluding tert-OH is 1. The Balaban J connectivity index is 1.55. The van der Waals surface area contributed by atoms with Crippen molar-refractivity contribution in [3.63, 3.8) is 0 Å². The number of hydrogen-bond donors (Lipinski definition) is 18. The molecule has 1 fully saturated rings. The molecule has 23 N–H and O–H groups in total. The minimum atomic E-state index is -1.91. The molecule has 0 spiro atoms. The molecule has 6 rings (SSSR count). The number of amides is 12. The molecule has 1 saturated heterocycles.